The maximum atomic E-state index is 12.6. The lowest BCUT2D eigenvalue weighted by Crippen LogP contribution is -2.31. The number of hydrazine groups is 1. The van der Waals surface area contributed by atoms with Gasteiger partial charge in [-0.15, -0.1) is 4.83 Å². The Bertz CT molecular complexity index is 1110. The summed E-state index contributed by atoms with van der Waals surface area (Å²) in [5.74, 6) is -0.204. The van der Waals surface area contributed by atoms with Crippen LogP contribution in [-0.4, -0.2) is 45.1 Å². The summed E-state index contributed by atoms with van der Waals surface area (Å²) < 4.78 is 51.5. The van der Waals surface area contributed by atoms with Crippen LogP contribution in [0.1, 0.15) is 26.3 Å². The van der Waals surface area contributed by atoms with E-state index in [1.165, 1.54) is 29.4 Å². The minimum absolute atomic E-state index is 0.0125. The topological polar surface area (TPSA) is 138 Å². The number of hydrogen-bond donors (Lipinski definition) is 3. The van der Waals surface area contributed by atoms with E-state index < -0.39 is 20.0 Å². The molecule has 1 aromatic carbocycles. The lowest BCUT2D eigenvalue weighted by atomic mass is 10.2. The molecule has 0 fully saturated rings. The maximum absolute atomic E-state index is 12.6. The zero-order valence-corrected chi connectivity index (χ0v) is 18.8. The van der Waals surface area contributed by atoms with Gasteiger partial charge in [0.2, 0.25) is 15.9 Å². The van der Waals surface area contributed by atoms with E-state index in [-0.39, 0.29) is 21.5 Å². The summed E-state index contributed by atoms with van der Waals surface area (Å²) in [6.07, 6.45) is 1.16. The molecule has 0 saturated carbocycles. The third kappa shape index (κ3) is 5.53. The molecule has 0 aliphatic heterocycles. The molecule has 0 spiro atoms. The highest BCUT2D eigenvalue weighted by Gasteiger charge is 2.22. The Morgan fingerprint density at radius 3 is 2.27 bits per heavy atom. The number of aromatic nitrogens is 1. The van der Waals surface area contributed by atoms with Gasteiger partial charge in [-0.2, -0.15) is 4.31 Å². The van der Waals surface area contributed by atoms with Crippen molar-refractivity contribution in [3.05, 3.63) is 42.1 Å². The molecule has 30 heavy (non-hydrogen) atoms. The third-order valence-electron chi connectivity index (χ3n) is 4.19. The number of benzene rings is 1. The minimum atomic E-state index is -3.99. The van der Waals surface area contributed by atoms with E-state index in [0.717, 1.165) is 6.20 Å². The molecule has 0 bridgehead atoms. The van der Waals surface area contributed by atoms with Crippen LogP contribution in [0.15, 0.2) is 46.3 Å². The Hall–Kier alpha value is -2.54. The lowest BCUT2D eigenvalue weighted by Gasteiger charge is -2.18. The fourth-order valence-electron chi connectivity index (χ4n) is 2.66. The van der Waals surface area contributed by atoms with Crippen molar-refractivity contribution >= 4 is 37.5 Å². The maximum Gasteiger partial charge on any atom is 0.257 e. The predicted octanol–water partition coefficient (Wildman–Crippen LogP) is 1.68. The number of carbonyl (C=O) groups is 1. The van der Waals surface area contributed by atoms with Gasteiger partial charge in [-0.1, -0.05) is 19.9 Å². The molecule has 1 heterocycles. The number of aryl methyl sites for hydroxylation is 1. The van der Waals surface area contributed by atoms with E-state index in [9.17, 15) is 21.6 Å². The van der Waals surface area contributed by atoms with Gasteiger partial charge in [0.15, 0.2) is 0 Å². The van der Waals surface area contributed by atoms with E-state index in [4.69, 9.17) is 0 Å². The standard InChI is InChI=1S/C18H25N5O5S2/c1-5-23(6-2)30(27,28)16-9-10-18(19-12-16)21-22-29(25,26)17-11-15(20-14(4)24)8-7-13(17)3/h7-12,22H,5-6H2,1-4H3,(H,19,21)(H,20,24). The molecule has 0 aliphatic rings. The van der Waals surface area contributed by atoms with Gasteiger partial charge in [-0.3, -0.25) is 10.2 Å². The number of nitrogens with zero attached hydrogens (tertiary/aromatic N) is 2. The van der Waals surface area contributed by atoms with Crippen molar-refractivity contribution in [1.29, 1.82) is 0 Å². The van der Waals surface area contributed by atoms with Crippen LogP contribution in [0, 0.1) is 6.92 Å². The van der Waals surface area contributed by atoms with Crippen molar-refractivity contribution in [1.82, 2.24) is 14.1 Å². The first-order valence-electron chi connectivity index (χ1n) is 9.13. The molecule has 12 heteroatoms. The van der Waals surface area contributed by atoms with E-state index in [1.54, 1.807) is 32.9 Å². The third-order valence-corrected chi connectivity index (χ3v) is 7.61. The van der Waals surface area contributed by atoms with Crippen molar-refractivity contribution in [2.75, 3.05) is 23.8 Å². The van der Waals surface area contributed by atoms with Crippen LogP contribution in [-0.2, 0) is 24.8 Å². The van der Waals surface area contributed by atoms with Crippen molar-refractivity contribution < 1.29 is 21.6 Å². The summed E-state index contributed by atoms with van der Waals surface area (Å²) in [4.78, 5) is 17.4. The molecule has 164 valence electrons. The summed E-state index contributed by atoms with van der Waals surface area (Å²) in [5, 5.41) is 2.53. The number of anilines is 2. The Morgan fingerprint density at radius 2 is 1.73 bits per heavy atom. The van der Waals surface area contributed by atoms with Crippen molar-refractivity contribution in [3.8, 4) is 0 Å². The van der Waals surface area contributed by atoms with Crippen LogP contribution in [0.3, 0.4) is 0 Å². The number of amides is 1. The van der Waals surface area contributed by atoms with Crippen molar-refractivity contribution in [3.63, 3.8) is 0 Å². The fraction of sp³-hybridized carbons (Fsp3) is 0.333. The summed E-state index contributed by atoms with van der Waals surface area (Å²) in [5.41, 5.74) is 3.29. The molecule has 1 amide bonds. The van der Waals surface area contributed by atoms with Crippen LogP contribution < -0.4 is 15.6 Å². The van der Waals surface area contributed by atoms with Crippen molar-refractivity contribution in [2.45, 2.75) is 37.5 Å². The molecule has 3 N–H and O–H groups in total. The normalized spacial score (nSPS) is 12.0. The molecule has 0 aliphatic carbocycles. The van der Waals surface area contributed by atoms with Gasteiger partial charge in [0.05, 0.1) is 4.90 Å². The molecule has 2 rings (SSSR count). The van der Waals surface area contributed by atoms with Crippen LogP contribution in [0.4, 0.5) is 11.5 Å². The zero-order chi connectivity index (χ0) is 22.5. The number of sulfonamides is 2. The van der Waals surface area contributed by atoms with Crippen molar-refractivity contribution in [2.24, 2.45) is 0 Å². The van der Waals surface area contributed by atoms with Gasteiger partial charge in [-0.25, -0.2) is 21.8 Å². The Labute approximate surface area is 176 Å². The molecular weight excluding hydrogens is 430 g/mol. The summed E-state index contributed by atoms with van der Waals surface area (Å²) in [6.45, 7) is 7.08. The first kappa shape index (κ1) is 23.7. The molecule has 0 unspecified atom stereocenters. The van der Waals surface area contributed by atoms with Crippen LogP contribution >= 0.6 is 0 Å². The average molecular weight is 456 g/mol. The highest BCUT2D eigenvalue weighted by Crippen LogP contribution is 2.21. The van der Waals surface area contributed by atoms with Crippen LogP contribution in [0.5, 0.6) is 0 Å². The van der Waals surface area contributed by atoms with Crippen LogP contribution in [0.2, 0.25) is 0 Å². The van der Waals surface area contributed by atoms with Crippen LogP contribution in [0.25, 0.3) is 0 Å². The molecule has 10 nitrogen and oxygen atoms in total. The van der Waals surface area contributed by atoms with Gasteiger partial charge in [0.1, 0.15) is 10.7 Å². The van der Waals surface area contributed by atoms with E-state index in [2.05, 4.69) is 20.6 Å². The predicted molar refractivity (Wildman–Crippen MR) is 114 cm³/mol. The molecule has 0 saturated heterocycles. The minimum Gasteiger partial charge on any atom is -0.326 e. The van der Waals surface area contributed by atoms with E-state index in [0.29, 0.717) is 24.3 Å². The molecule has 0 atom stereocenters. The van der Waals surface area contributed by atoms with Gasteiger partial charge in [0, 0.05) is 31.9 Å². The molecule has 2 aromatic rings. The van der Waals surface area contributed by atoms with Gasteiger partial charge in [-0.05, 0) is 36.8 Å². The largest absolute Gasteiger partial charge is 0.326 e. The van der Waals surface area contributed by atoms with E-state index >= 15 is 0 Å². The second kappa shape index (κ2) is 9.51. The second-order valence-corrected chi connectivity index (χ2v) is 9.95. The monoisotopic (exact) mass is 455 g/mol. The summed E-state index contributed by atoms with van der Waals surface area (Å²) in [7, 11) is -7.64. The first-order chi connectivity index (χ1) is 14.0. The molecule has 1 aromatic heterocycles. The van der Waals surface area contributed by atoms with Gasteiger partial charge < -0.3 is 5.32 Å². The number of nitrogens with one attached hydrogen (secondary N) is 3. The quantitative estimate of drug-likeness (QED) is 0.489. The Kier molecular flexibility index (Phi) is 7.53. The zero-order valence-electron chi connectivity index (χ0n) is 17.1. The van der Waals surface area contributed by atoms with E-state index in [1.807, 2.05) is 0 Å². The number of hydrogen-bond acceptors (Lipinski definition) is 7. The SMILES string of the molecule is CCN(CC)S(=O)(=O)c1ccc(NNS(=O)(=O)c2cc(NC(C)=O)ccc2C)nc1. The molecular formula is C18H25N5O5S2. The highest BCUT2D eigenvalue weighted by atomic mass is 32.2. The highest BCUT2D eigenvalue weighted by molar-refractivity contribution is 7.89. The summed E-state index contributed by atoms with van der Waals surface area (Å²) >= 11 is 0. The first-order valence-corrected chi connectivity index (χ1v) is 12.1. The number of pyridine rings is 1. The second-order valence-electron chi connectivity index (χ2n) is 6.36. The van der Waals surface area contributed by atoms with Gasteiger partial charge >= 0.3 is 0 Å². The summed E-state index contributed by atoms with van der Waals surface area (Å²) in [6, 6.07) is 7.22. The smallest absolute Gasteiger partial charge is 0.257 e. The lowest BCUT2D eigenvalue weighted by molar-refractivity contribution is -0.114. The fourth-order valence-corrected chi connectivity index (χ4v) is 5.19. The Balaban J connectivity index is 2.18. The molecule has 0 radical (unpaired) electrons. The number of rotatable bonds is 9. The van der Waals surface area contributed by atoms with Gasteiger partial charge in [0.25, 0.3) is 10.0 Å². The Morgan fingerprint density at radius 1 is 1.07 bits per heavy atom. The number of carbonyl (C=O) groups excluding carboxylic acids is 1. The average Bonchev–Trinajstić information content (AvgIpc) is 2.68.